The number of halogens is 1. The molecule has 126 valence electrons. The minimum atomic E-state index is -0.377. The van der Waals surface area contributed by atoms with Gasteiger partial charge in [0.15, 0.2) is 11.6 Å². The Morgan fingerprint density at radius 1 is 1.50 bits per heavy atom. The predicted molar refractivity (Wildman–Crippen MR) is 84.6 cm³/mol. The van der Waals surface area contributed by atoms with Crippen LogP contribution >= 0.6 is 0 Å². The molecule has 2 N–H and O–H groups in total. The number of ether oxygens (including phenoxy) is 1. The van der Waals surface area contributed by atoms with Crippen LogP contribution in [0.1, 0.15) is 40.6 Å². The average Bonchev–Trinajstić information content (AvgIpc) is 3.18. The number of benzene rings is 1. The number of carbonyl (C=O) groups excluding carboxylic acids is 1. The summed E-state index contributed by atoms with van der Waals surface area (Å²) >= 11 is 0. The number of hydrogen-bond donors (Lipinski definition) is 2. The molecule has 0 saturated heterocycles. The van der Waals surface area contributed by atoms with Gasteiger partial charge in [-0.2, -0.15) is 4.98 Å². The van der Waals surface area contributed by atoms with Crippen LogP contribution in [0.4, 0.5) is 10.3 Å². The van der Waals surface area contributed by atoms with Crippen molar-refractivity contribution in [2.75, 3.05) is 19.0 Å². The monoisotopic (exact) mass is 331 g/mol. The smallest absolute Gasteiger partial charge is 0.291 e. The first kappa shape index (κ1) is 14.9. The van der Waals surface area contributed by atoms with Gasteiger partial charge in [-0.1, -0.05) is 0 Å². The van der Waals surface area contributed by atoms with Gasteiger partial charge in [-0.05, 0) is 42.5 Å². The molecule has 24 heavy (non-hydrogen) atoms. The Balaban J connectivity index is 1.55. The summed E-state index contributed by atoms with van der Waals surface area (Å²) in [5.74, 6) is 0.274. The third-order valence-electron chi connectivity index (χ3n) is 4.50. The molecule has 0 spiro atoms. The van der Waals surface area contributed by atoms with Gasteiger partial charge < -0.3 is 15.4 Å². The minimum Gasteiger partial charge on any atom is -0.494 e. The van der Waals surface area contributed by atoms with Crippen LogP contribution < -0.4 is 15.4 Å². The highest BCUT2D eigenvalue weighted by Crippen LogP contribution is 2.35. The van der Waals surface area contributed by atoms with E-state index in [-0.39, 0.29) is 29.3 Å². The molecular weight excluding hydrogens is 313 g/mol. The second-order valence-electron chi connectivity index (χ2n) is 6.01. The summed E-state index contributed by atoms with van der Waals surface area (Å²) in [7, 11) is 1.43. The van der Waals surface area contributed by atoms with Crippen molar-refractivity contribution in [1.82, 2.24) is 20.1 Å². The third-order valence-corrected chi connectivity index (χ3v) is 4.50. The Labute approximate surface area is 138 Å². The zero-order chi connectivity index (χ0) is 16.7. The number of carbonyl (C=O) groups is 1. The molecule has 0 radical (unpaired) electrons. The number of nitrogens with zero attached hydrogens (tertiary/aromatic N) is 3. The highest BCUT2D eigenvalue weighted by molar-refractivity contribution is 5.91. The van der Waals surface area contributed by atoms with Gasteiger partial charge in [-0.3, -0.25) is 4.79 Å². The lowest BCUT2D eigenvalue weighted by Crippen LogP contribution is -2.28. The minimum absolute atomic E-state index is 0.155. The van der Waals surface area contributed by atoms with Crippen LogP contribution in [0.5, 0.6) is 5.75 Å². The molecule has 0 fully saturated rings. The number of rotatable bonds is 3. The first-order chi connectivity index (χ1) is 11.7. The van der Waals surface area contributed by atoms with Crippen molar-refractivity contribution < 1.29 is 13.9 Å². The fourth-order valence-corrected chi connectivity index (χ4v) is 3.29. The van der Waals surface area contributed by atoms with Crippen molar-refractivity contribution in [3.63, 3.8) is 0 Å². The van der Waals surface area contributed by atoms with Gasteiger partial charge in [0.05, 0.1) is 13.2 Å². The fourth-order valence-electron chi connectivity index (χ4n) is 3.29. The van der Waals surface area contributed by atoms with Crippen molar-refractivity contribution in [2.45, 2.75) is 31.8 Å². The highest BCUT2D eigenvalue weighted by atomic mass is 19.1. The van der Waals surface area contributed by atoms with Gasteiger partial charge in [-0.15, -0.1) is 5.10 Å². The second-order valence-corrected chi connectivity index (χ2v) is 6.01. The summed E-state index contributed by atoms with van der Waals surface area (Å²) in [5, 5.41) is 10.3. The van der Waals surface area contributed by atoms with Crippen molar-refractivity contribution in [3.05, 3.63) is 34.9 Å². The van der Waals surface area contributed by atoms with E-state index in [0.29, 0.717) is 5.95 Å². The molecule has 8 heteroatoms. The van der Waals surface area contributed by atoms with E-state index in [1.165, 1.54) is 13.2 Å². The lowest BCUT2D eigenvalue weighted by Gasteiger charge is -2.14. The Morgan fingerprint density at radius 2 is 2.38 bits per heavy atom. The number of amides is 1. The molecule has 1 atom stereocenters. The topological polar surface area (TPSA) is 81.1 Å². The molecule has 1 unspecified atom stereocenters. The maximum atomic E-state index is 13.8. The predicted octanol–water partition coefficient (Wildman–Crippen LogP) is 1.66. The van der Waals surface area contributed by atoms with E-state index in [9.17, 15) is 9.18 Å². The largest absolute Gasteiger partial charge is 0.494 e. The average molecular weight is 331 g/mol. The number of aryl methyl sites for hydroxylation is 2. The lowest BCUT2D eigenvalue weighted by molar-refractivity contribution is 0.0926. The summed E-state index contributed by atoms with van der Waals surface area (Å²) in [6.07, 6.45) is 2.40. The van der Waals surface area contributed by atoms with E-state index >= 15 is 0 Å². The molecule has 0 saturated carbocycles. The van der Waals surface area contributed by atoms with Crippen LogP contribution in [0.2, 0.25) is 0 Å². The van der Waals surface area contributed by atoms with Crippen LogP contribution in [0.3, 0.4) is 0 Å². The molecule has 1 aliphatic heterocycles. The Bertz CT molecular complexity index is 781. The number of aromatic nitrogens is 3. The van der Waals surface area contributed by atoms with Crippen LogP contribution in [0, 0.1) is 5.82 Å². The SMILES string of the molecule is COc1cc2c(cc1F)CCC2NC(=O)c1nc2n(n1)CCCN2. The number of hydrogen-bond acceptors (Lipinski definition) is 5. The van der Waals surface area contributed by atoms with Crippen molar-refractivity contribution >= 4 is 11.9 Å². The molecule has 7 nitrogen and oxygen atoms in total. The van der Waals surface area contributed by atoms with E-state index in [2.05, 4.69) is 20.7 Å². The third kappa shape index (κ3) is 2.47. The van der Waals surface area contributed by atoms with Crippen LogP contribution in [0.15, 0.2) is 12.1 Å². The summed E-state index contributed by atoms with van der Waals surface area (Å²) in [4.78, 5) is 16.7. The van der Waals surface area contributed by atoms with Gasteiger partial charge in [0, 0.05) is 13.1 Å². The molecule has 0 bridgehead atoms. The van der Waals surface area contributed by atoms with Gasteiger partial charge in [0.1, 0.15) is 0 Å². The fraction of sp³-hybridized carbons (Fsp3) is 0.438. The van der Waals surface area contributed by atoms with Crippen molar-refractivity contribution in [2.24, 2.45) is 0 Å². The van der Waals surface area contributed by atoms with Gasteiger partial charge in [-0.25, -0.2) is 9.07 Å². The molecule has 1 aromatic heterocycles. The first-order valence-electron chi connectivity index (χ1n) is 8.01. The van der Waals surface area contributed by atoms with Crippen LogP contribution in [-0.4, -0.2) is 34.3 Å². The zero-order valence-corrected chi connectivity index (χ0v) is 13.3. The molecule has 2 aliphatic rings. The number of nitrogens with one attached hydrogen (secondary N) is 2. The molecular formula is C16H18FN5O2. The lowest BCUT2D eigenvalue weighted by atomic mass is 10.1. The normalized spacial score (nSPS) is 18.5. The highest BCUT2D eigenvalue weighted by Gasteiger charge is 2.28. The van der Waals surface area contributed by atoms with Gasteiger partial charge in [0.2, 0.25) is 11.8 Å². The summed E-state index contributed by atoms with van der Waals surface area (Å²) in [6, 6.07) is 2.96. The van der Waals surface area contributed by atoms with Crippen LogP contribution in [-0.2, 0) is 13.0 Å². The van der Waals surface area contributed by atoms with E-state index < -0.39 is 0 Å². The maximum absolute atomic E-state index is 13.8. The van der Waals surface area contributed by atoms with Crippen LogP contribution in [0.25, 0.3) is 0 Å². The quantitative estimate of drug-likeness (QED) is 0.894. The molecule has 1 aliphatic carbocycles. The molecule has 4 rings (SSSR count). The molecule has 1 aromatic carbocycles. The standard InChI is InChI=1S/C16H18FN5O2/c1-24-13-8-10-9(7-11(13)17)3-4-12(10)19-15(23)14-20-16-18-5-2-6-22(16)21-14/h7-8,12H,2-6H2,1H3,(H,19,23)(H,18,20,21). The second kappa shape index (κ2) is 5.77. The molecule has 1 amide bonds. The number of fused-ring (bicyclic) bond motifs is 2. The van der Waals surface area contributed by atoms with E-state index in [1.807, 2.05) is 0 Å². The van der Waals surface area contributed by atoms with Crippen molar-refractivity contribution in [3.8, 4) is 5.75 Å². The number of anilines is 1. The zero-order valence-electron chi connectivity index (χ0n) is 13.3. The Morgan fingerprint density at radius 3 is 3.17 bits per heavy atom. The van der Waals surface area contributed by atoms with Crippen molar-refractivity contribution in [1.29, 1.82) is 0 Å². The van der Waals surface area contributed by atoms with E-state index in [1.54, 1.807) is 10.7 Å². The molecule has 2 heterocycles. The van der Waals surface area contributed by atoms with E-state index in [0.717, 1.165) is 43.5 Å². The first-order valence-corrected chi connectivity index (χ1v) is 8.01. The number of methoxy groups -OCH3 is 1. The summed E-state index contributed by atoms with van der Waals surface area (Å²) < 4.78 is 20.5. The molecule has 2 aromatic rings. The Kier molecular flexibility index (Phi) is 3.59. The summed E-state index contributed by atoms with van der Waals surface area (Å²) in [5.41, 5.74) is 1.79. The maximum Gasteiger partial charge on any atom is 0.291 e. The van der Waals surface area contributed by atoms with E-state index in [4.69, 9.17) is 4.74 Å². The Hall–Kier alpha value is -2.64. The van der Waals surface area contributed by atoms with Gasteiger partial charge >= 0.3 is 0 Å². The van der Waals surface area contributed by atoms with Gasteiger partial charge in [0.25, 0.3) is 5.91 Å². The summed E-state index contributed by atoms with van der Waals surface area (Å²) in [6.45, 7) is 1.59.